The molecule has 1 rings (SSSR count). The molecule has 1 N–H and O–H groups in total. The van der Waals surface area contributed by atoms with E-state index in [1.807, 2.05) is 0 Å². The summed E-state index contributed by atoms with van der Waals surface area (Å²) in [6.45, 7) is 3.16. The third-order valence-corrected chi connectivity index (χ3v) is 2.24. The van der Waals surface area contributed by atoms with E-state index in [9.17, 15) is 4.79 Å². The first kappa shape index (κ1) is 10.5. The van der Waals surface area contributed by atoms with Gasteiger partial charge in [-0.25, -0.2) is 4.79 Å². The molecule has 1 aliphatic rings. The standard InChI is InChI=1S/C9H17NO3/c1-7-5-8(3-4-10-7)13-6-9(11)12-2/h7-8,10H,3-6H2,1-2H3. The van der Waals surface area contributed by atoms with Gasteiger partial charge < -0.3 is 14.8 Å². The van der Waals surface area contributed by atoms with Crippen molar-refractivity contribution >= 4 is 5.97 Å². The van der Waals surface area contributed by atoms with Crippen LogP contribution in [0.15, 0.2) is 0 Å². The number of piperidine rings is 1. The Morgan fingerprint density at radius 2 is 2.38 bits per heavy atom. The summed E-state index contributed by atoms with van der Waals surface area (Å²) in [5.74, 6) is -0.300. The van der Waals surface area contributed by atoms with Crippen LogP contribution in [0, 0.1) is 0 Å². The van der Waals surface area contributed by atoms with Crippen molar-refractivity contribution < 1.29 is 14.3 Å². The van der Waals surface area contributed by atoms with Crippen LogP contribution in [0.2, 0.25) is 0 Å². The molecule has 2 atom stereocenters. The highest BCUT2D eigenvalue weighted by molar-refractivity contribution is 5.70. The van der Waals surface area contributed by atoms with Gasteiger partial charge in [0.05, 0.1) is 13.2 Å². The molecule has 13 heavy (non-hydrogen) atoms. The molecular weight excluding hydrogens is 170 g/mol. The number of esters is 1. The molecule has 0 saturated carbocycles. The van der Waals surface area contributed by atoms with Crippen LogP contribution in [0.1, 0.15) is 19.8 Å². The average Bonchev–Trinajstić information content (AvgIpc) is 2.14. The summed E-state index contributed by atoms with van der Waals surface area (Å²) in [5, 5.41) is 3.32. The van der Waals surface area contributed by atoms with Crippen molar-refractivity contribution in [1.29, 1.82) is 0 Å². The third-order valence-electron chi connectivity index (χ3n) is 2.24. The molecule has 1 fully saturated rings. The van der Waals surface area contributed by atoms with Gasteiger partial charge in [-0.15, -0.1) is 0 Å². The molecule has 0 aromatic heterocycles. The molecule has 0 spiro atoms. The van der Waals surface area contributed by atoms with Crippen molar-refractivity contribution in [2.45, 2.75) is 31.9 Å². The van der Waals surface area contributed by atoms with Gasteiger partial charge in [0.25, 0.3) is 0 Å². The highest BCUT2D eigenvalue weighted by Crippen LogP contribution is 2.11. The minimum absolute atomic E-state index is 0.0773. The fourth-order valence-electron chi connectivity index (χ4n) is 1.48. The van der Waals surface area contributed by atoms with Crippen LogP contribution in [-0.2, 0) is 14.3 Å². The van der Waals surface area contributed by atoms with Gasteiger partial charge in [0.15, 0.2) is 0 Å². The van der Waals surface area contributed by atoms with E-state index in [-0.39, 0.29) is 18.7 Å². The lowest BCUT2D eigenvalue weighted by atomic mass is 10.0. The number of carbonyl (C=O) groups is 1. The van der Waals surface area contributed by atoms with Gasteiger partial charge in [0, 0.05) is 6.04 Å². The van der Waals surface area contributed by atoms with Crippen molar-refractivity contribution in [3.63, 3.8) is 0 Å². The Morgan fingerprint density at radius 1 is 1.62 bits per heavy atom. The fourth-order valence-corrected chi connectivity index (χ4v) is 1.48. The molecule has 1 heterocycles. The van der Waals surface area contributed by atoms with Crippen LogP contribution >= 0.6 is 0 Å². The molecule has 1 saturated heterocycles. The van der Waals surface area contributed by atoms with Crippen LogP contribution in [0.25, 0.3) is 0 Å². The molecule has 0 aromatic rings. The monoisotopic (exact) mass is 187 g/mol. The van der Waals surface area contributed by atoms with E-state index in [1.54, 1.807) is 0 Å². The number of ether oxygens (including phenoxy) is 2. The van der Waals surface area contributed by atoms with E-state index in [0.29, 0.717) is 6.04 Å². The summed E-state index contributed by atoms with van der Waals surface area (Å²) < 4.78 is 9.88. The molecule has 4 nitrogen and oxygen atoms in total. The van der Waals surface area contributed by atoms with Gasteiger partial charge in [-0.1, -0.05) is 0 Å². The number of rotatable bonds is 3. The lowest BCUT2D eigenvalue weighted by molar-refractivity contribution is -0.148. The summed E-state index contributed by atoms with van der Waals surface area (Å²) >= 11 is 0. The number of hydrogen-bond donors (Lipinski definition) is 1. The van der Waals surface area contributed by atoms with E-state index >= 15 is 0 Å². The molecule has 0 amide bonds. The zero-order chi connectivity index (χ0) is 9.68. The van der Waals surface area contributed by atoms with Crippen LogP contribution in [-0.4, -0.2) is 38.4 Å². The summed E-state index contributed by atoms with van der Waals surface area (Å²) in [5.41, 5.74) is 0. The van der Waals surface area contributed by atoms with E-state index < -0.39 is 0 Å². The first-order valence-electron chi connectivity index (χ1n) is 4.64. The molecule has 0 radical (unpaired) electrons. The Balaban J connectivity index is 2.17. The molecule has 1 aliphatic heterocycles. The Morgan fingerprint density at radius 3 is 3.00 bits per heavy atom. The number of hydrogen-bond acceptors (Lipinski definition) is 4. The molecule has 0 bridgehead atoms. The summed E-state index contributed by atoms with van der Waals surface area (Å²) in [6, 6.07) is 0.483. The van der Waals surface area contributed by atoms with Gasteiger partial charge in [-0.3, -0.25) is 0 Å². The number of nitrogens with one attached hydrogen (secondary N) is 1. The van der Waals surface area contributed by atoms with Crippen molar-refractivity contribution in [3.05, 3.63) is 0 Å². The molecule has 76 valence electrons. The Labute approximate surface area is 78.6 Å². The topological polar surface area (TPSA) is 47.6 Å². The predicted octanol–water partition coefficient (Wildman–Crippen LogP) is 0.316. The fraction of sp³-hybridized carbons (Fsp3) is 0.889. The van der Waals surface area contributed by atoms with E-state index in [1.165, 1.54) is 7.11 Å². The molecule has 2 unspecified atom stereocenters. The Bertz CT molecular complexity index is 172. The molecule has 0 aliphatic carbocycles. The van der Waals surface area contributed by atoms with Gasteiger partial charge in [-0.05, 0) is 26.3 Å². The first-order chi connectivity index (χ1) is 6.22. The normalized spacial score (nSPS) is 28.5. The zero-order valence-corrected chi connectivity index (χ0v) is 8.21. The first-order valence-corrected chi connectivity index (χ1v) is 4.64. The summed E-state index contributed by atoms with van der Waals surface area (Å²) in [4.78, 5) is 10.8. The van der Waals surface area contributed by atoms with Crippen molar-refractivity contribution in [3.8, 4) is 0 Å². The Hall–Kier alpha value is -0.610. The van der Waals surface area contributed by atoms with Gasteiger partial charge in [-0.2, -0.15) is 0 Å². The zero-order valence-electron chi connectivity index (χ0n) is 8.21. The van der Waals surface area contributed by atoms with Crippen molar-refractivity contribution in [2.75, 3.05) is 20.3 Å². The number of carbonyl (C=O) groups excluding carboxylic acids is 1. The maximum absolute atomic E-state index is 10.8. The molecule has 4 heteroatoms. The quantitative estimate of drug-likeness (QED) is 0.646. The Kier molecular flexibility index (Phi) is 4.18. The van der Waals surface area contributed by atoms with Gasteiger partial charge >= 0.3 is 5.97 Å². The maximum atomic E-state index is 10.8. The summed E-state index contributed by atoms with van der Waals surface area (Å²) in [6.07, 6.45) is 2.15. The molecular formula is C9H17NO3. The predicted molar refractivity (Wildman–Crippen MR) is 48.5 cm³/mol. The molecule has 0 aromatic carbocycles. The third kappa shape index (κ3) is 3.74. The number of methoxy groups -OCH3 is 1. The highest BCUT2D eigenvalue weighted by atomic mass is 16.6. The second-order valence-corrected chi connectivity index (χ2v) is 3.39. The lowest BCUT2D eigenvalue weighted by Crippen LogP contribution is -2.39. The SMILES string of the molecule is COC(=O)COC1CCNC(C)C1. The summed E-state index contributed by atoms with van der Waals surface area (Å²) in [7, 11) is 1.37. The minimum atomic E-state index is -0.300. The van der Waals surface area contributed by atoms with Gasteiger partial charge in [0.2, 0.25) is 0 Å². The van der Waals surface area contributed by atoms with Crippen LogP contribution in [0.4, 0.5) is 0 Å². The second-order valence-electron chi connectivity index (χ2n) is 3.39. The minimum Gasteiger partial charge on any atom is -0.467 e. The second kappa shape index (κ2) is 5.19. The maximum Gasteiger partial charge on any atom is 0.331 e. The van der Waals surface area contributed by atoms with Crippen LogP contribution in [0.5, 0.6) is 0 Å². The largest absolute Gasteiger partial charge is 0.467 e. The van der Waals surface area contributed by atoms with Crippen molar-refractivity contribution in [2.24, 2.45) is 0 Å². The van der Waals surface area contributed by atoms with Crippen LogP contribution in [0.3, 0.4) is 0 Å². The highest BCUT2D eigenvalue weighted by Gasteiger charge is 2.19. The van der Waals surface area contributed by atoms with E-state index in [0.717, 1.165) is 19.4 Å². The van der Waals surface area contributed by atoms with Crippen molar-refractivity contribution in [1.82, 2.24) is 5.32 Å². The van der Waals surface area contributed by atoms with Crippen LogP contribution < -0.4 is 5.32 Å². The van der Waals surface area contributed by atoms with E-state index in [2.05, 4.69) is 17.0 Å². The van der Waals surface area contributed by atoms with Gasteiger partial charge in [0.1, 0.15) is 6.61 Å². The average molecular weight is 187 g/mol. The smallest absolute Gasteiger partial charge is 0.331 e. The lowest BCUT2D eigenvalue weighted by Gasteiger charge is -2.27. The van der Waals surface area contributed by atoms with E-state index in [4.69, 9.17) is 4.74 Å².